The number of carbonyl (C=O) groups is 1. The summed E-state index contributed by atoms with van der Waals surface area (Å²) in [4.78, 5) is 16.5. The van der Waals surface area contributed by atoms with Crippen LogP contribution in [-0.2, 0) is 11.0 Å². The third kappa shape index (κ3) is 3.90. The van der Waals surface area contributed by atoms with E-state index in [0.717, 1.165) is 18.2 Å². The van der Waals surface area contributed by atoms with Crippen molar-refractivity contribution in [2.24, 2.45) is 16.7 Å². The fourth-order valence-electron chi connectivity index (χ4n) is 4.81. The summed E-state index contributed by atoms with van der Waals surface area (Å²) in [5, 5.41) is 6.99. The second-order valence-electron chi connectivity index (χ2n) is 9.78. The van der Waals surface area contributed by atoms with Gasteiger partial charge in [-0.3, -0.25) is 4.79 Å². The van der Waals surface area contributed by atoms with Gasteiger partial charge in [-0.2, -0.15) is 13.2 Å². The highest BCUT2D eigenvalue weighted by atomic mass is 19.4. The Labute approximate surface area is 180 Å². The Morgan fingerprint density at radius 1 is 1.13 bits per heavy atom. The molecule has 0 bridgehead atoms. The van der Waals surface area contributed by atoms with Crippen LogP contribution in [0.3, 0.4) is 0 Å². The maximum Gasteiger partial charge on any atom is 0.433 e. The molecule has 7 heteroatoms. The molecule has 4 nitrogen and oxygen atoms in total. The highest BCUT2D eigenvalue weighted by Gasteiger charge is 2.68. The Kier molecular flexibility index (Phi) is 5.06. The van der Waals surface area contributed by atoms with Gasteiger partial charge < -0.3 is 10.6 Å². The number of halogens is 3. The largest absolute Gasteiger partial charge is 0.433 e. The zero-order valence-corrected chi connectivity index (χ0v) is 18.2. The fraction of sp³-hybridized carbons (Fsp3) is 0.500. The summed E-state index contributed by atoms with van der Waals surface area (Å²) < 4.78 is 39.8. The van der Waals surface area contributed by atoms with Crippen molar-refractivity contribution in [2.75, 3.05) is 5.32 Å². The highest BCUT2D eigenvalue weighted by molar-refractivity contribution is 5.92. The summed E-state index contributed by atoms with van der Waals surface area (Å²) in [6.45, 7) is 8.48. The van der Waals surface area contributed by atoms with Crippen LogP contribution in [0.5, 0.6) is 0 Å². The number of nitrogens with one attached hydrogen (secondary N) is 2. The van der Waals surface area contributed by atoms with E-state index < -0.39 is 11.9 Å². The van der Waals surface area contributed by atoms with Gasteiger partial charge in [0.15, 0.2) is 0 Å². The molecule has 166 valence electrons. The minimum absolute atomic E-state index is 0.00692. The smallest absolute Gasteiger partial charge is 0.359 e. The minimum Gasteiger partial charge on any atom is -0.359 e. The number of anilines is 1. The first kappa shape index (κ1) is 21.7. The number of alkyl halides is 3. The summed E-state index contributed by atoms with van der Waals surface area (Å²) in [6, 6.07) is 7.91. The van der Waals surface area contributed by atoms with Crippen LogP contribution in [0.15, 0.2) is 42.1 Å². The van der Waals surface area contributed by atoms with Gasteiger partial charge in [0.2, 0.25) is 5.91 Å². The fourth-order valence-corrected chi connectivity index (χ4v) is 4.81. The number of aromatic nitrogens is 1. The van der Waals surface area contributed by atoms with Crippen molar-refractivity contribution in [3.8, 4) is 0 Å². The molecule has 1 unspecified atom stereocenters. The summed E-state index contributed by atoms with van der Waals surface area (Å²) in [5.41, 5.74) is 0.635. The van der Waals surface area contributed by atoms with E-state index in [1.807, 2.05) is 6.08 Å². The van der Waals surface area contributed by atoms with E-state index in [1.54, 1.807) is 24.3 Å². The lowest BCUT2D eigenvalue weighted by atomic mass is 9.98. The van der Waals surface area contributed by atoms with Crippen LogP contribution in [-0.4, -0.2) is 16.9 Å². The Morgan fingerprint density at radius 3 is 2.39 bits per heavy atom. The first-order valence-electron chi connectivity index (χ1n) is 10.6. The van der Waals surface area contributed by atoms with Crippen LogP contribution in [0.4, 0.5) is 18.9 Å². The number of rotatable bonds is 4. The van der Waals surface area contributed by atoms with E-state index in [1.165, 1.54) is 0 Å². The number of hydrogen-bond donors (Lipinski definition) is 2. The van der Waals surface area contributed by atoms with E-state index >= 15 is 0 Å². The molecule has 2 N–H and O–H groups in total. The van der Waals surface area contributed by atoms with Crippen LogP contribution in [0.25, 0.3) is 10.9 Å². The second kappa shape index (κ2) is 7.24. The molecule has 0 spiro atoms. The minimum atomic E-state index is -4.51. The summed E-state index contributed by atoms with van der Waals surface area (Å²) >= 11 is 0. The first-order chi connectivity index (χ1) is 14.4. The number of pyridine rings is 1. The normalized spacial score (nSPS) is 22.7. The SMILES string of the molecule is CC1(C)C(C(=O)NC2CC=C(Nc3cc(C(F)(F)F)nc4ccccc34)CC2)C1(C)C. The third-order valence-corrected chi connectivity index (χ3v) is 7.34. The number of fused-ring (bicyclic) bond motifs is 1. The molecule has 2 aliphatic rings. The molecule has 1 saturated carbocycles. The molecule has 2 aliphatic carbocycles. The predicted molar refractivity (Wildman–Crippen MR) is 115 cm³/mol. The molecule has 4 rings (SSSR count). The standard InChI is InChI=1S/C24H28F3N3O/c1-22(2)20(23(22,3)4)21(31)29-15-11-9-14(10-12-15)28-18-13-19(24(25,26)27)30-17-8-6-5-7-16(17)18/h5-9,13,15,20H,10-12H2,1-4H3,(H,28,30)(H,29,31). The molecule has 0 saturated heterocycles. The molecule has 1 aromatic heterocycles. The monoisotopic (exact) mass is 431 g/mol. The maximum atomic E-state index is 13.3. The lowest BCUT2D eigenvalue weighted by molar-refractivity contribution is -0.140. The van der Waals surface area contributed by atoms with Gasteiger partial charge in [0.05, 0.1) is 5.52 Å². The predicted octanol–water partition coefficient (Wildman–Crippen LogP) is 5.90. The van der Waals surface area contributed by atoms with E-state index in [0.29, 0.717) is 29.4 Å². The van der Waals surface area contributed by atoms with E-state index in [4.69, 9.17) is 0 Å². The average molecular weight is 432 g/mol. The zero-order chi connectivity index (χ0) is 22.6. The topological polar surface area (TPSA) is 54.0 Å². The van der Waals surface area contributed by atoms with Gasteiger partial charge in [-0.1, -0.05) is 52.0 Å². The molecule has 1 aromatic carbocycles. The molecule has 1 amide bonds. The number of amides is 1. The lowest BCUT2D eigenvalue weighted by Crippen LogP contribution is -2.38. The number of hydrogen-bond acceptors (Lipinski definition) is 3. The Hall–Kier alpha value is -2.57. The maximum absolute atomic E-state index is 13.3. The number of para-hydroxylation sites is 1. The van der Waals surface area contributed by atoms with Crippen molar-refractivity contribution in [3.05, 3.63) is 47.8 Å². The van der Waals surface area contributed by atoms with E-state index in [2.05, 4.69) is 43.3 Å². The molecule has 0 radical (unpaired) electrons. The molecule has 1 heterocycles. The molecule has 1 atom stereocenters. The molecular formula is C24H28F3N3O. The zero-order valence-electron chi connectivity index (χ0n) is 18.2. The van der Waals surface area contributed by atoms with Gasteiger partial charge in [0.25, 0.3) is 0 Å². The number of allylic oxidation sites excluding steroid dienone is 1. The second-order valence-corrected chi connectivity index (χ2v) is 9.78. The van der Waals surface area contributed by atoms with Crippen molar-refractivity contribution in [1.82, 2.24) is 10.3 Å². The lowest BCUT2D eigenvalue weighted by Gasteiger charge is -2.25. The Balaban J connectivity index is 1.47. The molecular weight excluding hydrogens is 403 g/mol. The Bertz CT molecular complexity index is 1040. The van der Waals surface area contributed by atoms with Crippen LogP contribution in [0.1, 0.15) is 52.7 Å². The quantitative estimate of drug-likeness (QED) is 0.634. The van der Waals surface area contributed by atoms with Crippen LogP contribution < -0.4 is 10.6 Å². The van der Waals surface area contributed by atoms with Gasteiger partial charge in [-0.15, -0.1) is 0 Å². The van der Waals surface area contributed by atoms with Gasteiger partial charge in [0.1, 0.15) is 5.69 Å². The van der Waals surface area contributed by atoms with Gasteiger partial charge in [-0.25, -0.2) is 4.98 Å². The Morgan fingerprint density at radius 2 is 1.81 bits per heavy atom. The van der Waals surface area contributed by atoms with Crippen molar-refractivity contribution in [3.63, 3.8) is 0 Å². The van der Waals surface area contributed by atoms with Crippen LogP contribution in [0, 0.1) is 16.7 Å². The molecule has 2 aromatic rings. The van der Waals surface area contributed by atoms with Crippen molar-refractivity contribution in [1.29, 1.82) is 0 Å². The van der Waals surface area contributed by atoms with Crippen molar-refractivity contribution >= 4 is 22.5 Å². The summed E-state index contributed by atoms with van der Waals surface area (Å²) in [7, 11) is 0. The molecule has 31 heavy (non-hydrogen) atoms. The highest BCUT2D eigenvalue weighted by Crippen LogP contribution is 2.68. The van der Waals surface area contributed by atoms with Crippen molar-refractivity contribution in [2.45, 2.75) is 59.2 Å². The van der Waals surface area contributed by atoms with E-state index in [9.17, 15) is 18.0 Å². The van der Waals surface area contributed by atoms with Crippen LogP contribution in [0.2, 0.25) is 0 Å². The van der Waals surface area contributed by atoms with Gasteiger partial charge in [0, 0.05) is 28.7 Å². The van der Waals surface area contributed by atoms with Gasteiger partial charge >= 0.3 is 6.18 Å². The third-order valence-electron chi connectivity index (χ3n) is 7.34. The molecule has 1 fully saturated rings. The molecule has 0 aliphatic heterocycles. The summed E-state index contributed by atoms with van der Waals surface area (Å²) in [6.07, 6.45) is -0.494. The number of benzene rings is 1. The average Bonchev–Trinajstić information content (AvgIpc) is 3.11. The van der Waals surface area contributed by atoms with Crippen molar-refractivity contribution < 1.29 is 18.0 Å². The number of carbonyl (C=O) groups excluding carboxylic acids is 1. The summed E-state index contributed by atoms with van der Waals surface area (Å²) in [5.74, 6) is 0.104. The van der Waals surface area contributed by atoms with E-state index in [-0.39, 0.29) is 28.7 Å². The van der Waals surface area contributed by atoms with Crippen LogP contribution >= 0.6 is 0 Å². The van der Waals surface area contributed by atoms with Gasteiger partial charge in [-0.05, 0) is 42.2 Å². The first-order valence-corrected chi connectivity index (χ1v) is 10.6. The number of nitrogens with zero attached hydrogens (tertiary/aromatic N) is 1.